The average Bonchev–Trinajstić information content (AvgIpc) is 3.73. The maximum absolute atomic E-state index is 6.25. The number of fused-ring (bicyclic) bond motifs is 8. The largest absolute Gasteiger partial charge is 0.456 e. The van der Waals surface area contributed by atoms with Crippen LogP contribution in [0.3, 0.4) is 0 Å². The van der Waals surface area contributed by atoms with Crippen molar-refractivity contribution < 1.29 is 4.42 Å². The predicted molar refractivity (Wildman–Crippen MR) is 197 cm³/mol. The first-order valence-electron chi connectivity index (χ1n) is 16.4. The third-order valence-electron chi connectivity index (χ3n) is 10.9. The lowest BCUT2D eigenvalue weighted by Crippen LogP contribution is -2.15. The van der Waals surface area contributed by atoms with Crippen molar-refractivity contribution >= 4 is 65.2 Å². The van der Waals surface area contributed by atoms with Crippen LogP contribution in [-0.2, 0) is 5.41 Å². The van der Waals surface area contributed by atoms with Crippen LogP contribution in [0.4, 0.5) is 0 Å². The Balaban J connectivity index is 1.29. The Bertz CT molecular complexity index is 2920. The monoisotopic (exact) mass is 599 g/mol. The molecule has 0 atom stereocenters. The molecule has 2 heterocycles. The zero-order valence-corrected chi connectivity index (χ0v) is 26.1. The Kier molecular flexibility index (Phi) is 4.68. The van der Waals surface area contributed by atoms with Gasteiger partial charge in [0.05, 0.1) is 11.2 Å². The van der Waals surface area contributed by atoms with Gasteiger partial charge in [-0.25, -0.2) is 0 Å². The number of benzene rings is 8. The van der Waals surface area contributed by atoms with E-state index >= 15 is 0 Å². The van der Waals surface area contributed by atoms with Crippen LogP contribution < -0.4 is 0 Å². The zero-order valence-electron chi connectivity index (χ0n) is 26.1. The Labute approximate surface area is 271 Å². The topological polar surface area (TPSA) is 18.1 Å². The van der Waals surface area contributed by atoms with E-state index in [0.717, 1.165) is 27.6 Å². The number of aromatic nitrogens is 1. The standard InChI is InChI=1S/C45H29NO/c1-45(2)36-14-5-3-12-34(36)44-43(45)42-32(30-22-19-28-18-17-26-9-7-10-27-20-23-33(30)41(28)40(26)27)13-8-15-37(42)46(44)29-21-24-39-35(25-29)31-11-4-6-16-38(31)47-39/h3-25H,1-2H3. The summed E-state index contributed by atoms with van der Waals surface area (Å²) < 4.78 is 8.76. The van der Waals surface area contributed by atoms with Gasteiger partial charge in [-0.05, 0) is 84.9 Å². The van der Waals surface area contributed by atoms with Gasteiger partial charge >= 0.3 is 0 Å². The molecule has 0 saturated carbocycles. The van der Waals surface area contributed by atoms with Gasteiger partial charge in [-0.2, -0.15) is 0 Å². The Morgan fingerprint density at radius 3 is 2.09 bits per heavy atom. The van der Waals surface area contributed by atoms with Gasteiger partial charge < -0.3 is 8.98 Å². The number of rotatable bonds is 2. The fourth-order valence-corrected chi connectivity index (χ4v) is 8.89. The molecule has 2 nitrogen and oxygen atoms in total. The van der Waals surface area contributed by atoms with E-state index in [-0.39, 0.29) is 5.41 Å². The maximum atomic E-state index is 6.25. The van der Waals surface area contributed by atoms with Gasteiger partial charge in [0.1, 0.15) is 11.2 Å². The van der Waals surface area contributed by atoms with E-state index in [4.69, 9.17) is 4.42 Å². The summed E-state index contributed by atoms with van der Waals surface area (Å²) in [5.74, 6) is 0. The second-order valence-corrected chi connectivity index (χ2v) is 13.7. The van der Waals surface area contributed by atoms with Gasteiger partial charge in [0.15, 0.2) is 0 Å². The molecule has 0 spiro atoms. The number of nitrogens with zero attached hydrogens (tertiary/aromatic N) is 1. The van der Waals surface area contributed by atoms with Crippen LogP contribution in [0.1, 0.15) is 25.0 Å². The smallest absolute Gasteiger partial charge is 0.135 e. The second kappa shape index (κ2) is 8.69. The van der Waals surface area contributed by atoms with Gasteiger partial charge in [0.25, 0.3) is 0 Å². The van der Waals surface area contributed by atoms with E-state index in [1.165, 1.54) is 76.7 Å². The molecule has 2 aromatic heterocycles. The molecule has 11 rings (SSSR count). The highest BCUT2D eigenvalue weighted by Crippen LogP contribution is 2.56. The van der Waals surface area contributed by atoms with Crippen molar-refractivity contribution in [2.75, 3.05) is 0 Å². The van der Waals surface area contributed by atoms with Gasteiger partial charge in [-0.15, -0.1) is 0 Å². The number of furan rings is 1. The summed E-state index contributed by atoms with van der Waals surface area (Å²) in [6.07, 6.45) is 0. The molecule has 0 aliphatic heterocycles. The summed E-state index contributed by atoms with van der Waals surface area (Å²) in [6.45, 7) is 4.80. The number of hydrogen-bond donors (Lipinski definition) is 0. The molecule has 2 heteroatoms. The fourth-order valence-electron chi connectivity index (χ4n) is 8.89. The molecule has 0 amide bonds. The number of hydrogen-bond acceptors (Lipinski definition) is 1. The van der Waals surface area contributed by atoms with Gasteiger partial charge in [0, 0.05) is 32.8 Å². The molecule has 1 aliphatic carbocycles. The first-order chi connectivity index (χ1) is 23.1. The lowest BCUT2D eigenvalue weighted by Gasteiger charge is -2.22. The van der Waals surface area contributed by atoms with Crippen molar-refractivity contribution in [3.8, 4) is 28.1 Å². The molecule has 0 radical (unpaired) electrons. The van der Waals surface area contributed by atoms with Crippen LogP contribution >= 0.6 is 0 Å². The van der Waals surface area contributed by atoms with Crippen LogP contribution in [-0.4, -0.2) is 4.57 Å². The summed E-state index contributed by atoms with van der Waals surface area (Å²) in [5.41, 5.74) is 12.0. The minimum Gasteiger partial charge on any atom is -0.456 e. The van der Waals surface area contributed by atoms with E-state index < -0.39 is 0 Å². The Hall–Kier alpha value is -5.86. The number of para-hydroxylation sites is 1. The van der Waals surface area contributed by atoms with Crippen molar-refractivity contribution in [3.05, 3.63) is 151 Å². The zero-order chi connectivity index (χ0) is 31.0. The molecule has 0 fully saturated rings. The van der Waals surface area contributed by atoms with Gasteiger partial charge in [-0.3, -0.25) is 0 Å². The highest BCUT2D eigenvalue weighted by Gasteiger charge is 2.41. The molecular formula is C45H29NO. The third-order valence-corrected chi connectivity index (χ3v) is 10.9. The van der Waals surface area contributed by atoms with Gasteiger partial charge in [0.2, 0.25) is 0 Å². The van der Waals surface area contributed by atoms with Crippen molar-refractivity contribution in [2.45, 2.75) is 19.3 Å². The average molecular weight is 600 g/mol. The molecular weight excluding hydrogens is 571 g/mol. The molecule has 0 N–H and O–H groups in total. The summed E-state index contributed by atoms with van der Waals surface area (Å²) >= 11 is 0. The van der Waals surface area contributed by atoms with Crippen molar-refractivity contribution in [2.24, 2.45) is 0 Å². The molecule has 47 heavy (non-hydrogen) atoms. The lowest BCUT2D eigenvalue weighted by atomic mass is 9.80. The lowest BCUT2D eigenvalue weighted by molar-refractivity contribution is 0.666. The first kappa shape index (κ1) is 25.3. The van der Waals surface area contributed by atoms with E-state index in [1.807, 2.05) is 6.07 Å². The van der Waals surface area contributed by atoms with E-state index in [1.54, 1.807) is 0 Å². The van der Waals surface area contributed by atoms with Crippen LogP contribution in [0.5, 0.6) is 0 Å². The normalized spacial score (nSPS) is 13.9. The first-order valence-corrected chi connectivity index (χ1v) is 16.4. The van der Waals surface area contributed by atoms with Crippen LogP contribution in [0.2, 0.25) is 0 Å². The predicted octanol–water partition coefficient (Wildman–Crippen LogP) is 12.4. The van der Waals surface area contributed by atoms with Crippen LogP contribution in [0, 0.1) is 0 Å². The van der Waals surface area contributed by atoms with Crippen molar-refractivity contribution in [1.82, 2.24) is 4.57 Å². The molecule has 10 aromatic rings. The quantitative estimate of drug-likeness (QED) is 0.181. The van der Waals surface area contributed by atoms with Gasteiger partial charge in [-0.1, -0.05) is 123 Å². The summed E-state index contributed by atoms with van der Waals surface area (Å²) in [7, 11) is 0. The van der Waals surface area contributed by atoms with E-state index in [2.05, 4.69) is 152 Å². The summed E-state index contributed by atoms with van der Waals surface area (Å²) in [6, 6.07) is 51.4. The molecule has 8 aromatic carbocycles. The highest BCUT2D eigenvalue weighted by atomic mass is 16.3. The van der Waals surface area contributed by atoms with Crippen molar-refractivity contribution in [1.29, 1.82) is 0 Å². The summed E-state index contributed by atoms with van der Waals surface area (Å²) in [5, 5.41) is 11.5. The molecule has 0 unspecified atom stereocenters. The third kappa shape index (κ3) is 3.15. The minimum absolute atomic E-state index is 0.179. The van der Waals surface area contributed by atoms with E-state index in [0.29, 0.717) is 0 Å². The maximum Gasteiger partial charge on any atom is 0.135 e. The molecule has 1 aliphatic rings. The van der Waals surface area contributed by atoms with E-state index in [9.17, 15) is 0 Å². The Morgan fingerprint density at radius 2 is 1.19 bits per heavy atom. The fraction of sp³-hybridized carbons (Fsp3) is 0.0667. The second-order valence-electron chi connectivity index (χ2n) is 13.7. The molecule has 0 bridgehead atoms. The minimum atomic E-state index is -0.179. The summed E-state index contributed by atoms with van der Waals surface area (Å²) in [4.78, 5) is 0. The highest BCUT2D eigenvalue weighted by molar-refractivity contribution is 6.26. The van der Waals surface area contributed by atoms with Crippen LogP contribution in [0.25, 0.3) is 93.2 Å². The Morgan fingerprint density at radius 1 is 0.489 bits per heavy atom. The molecule has 220 valence electrons. The van der Waals surface area contributed by atoms with Crippen molar-refractivity contribution in [3.63, 3.8) is 0 Å². The molecule has 0 saturated heterocycles. The SMILES string of the molecule is CC1(C)c2ccccc2-c2c1c1c(-c3ccc4ccc5cccc6ccc3c4c56)cccc1n2-c1ccc2oc3ccccc3c2c1. The van der Waals surface area contributed by atoms with Crippen LogP contribution in [0.15, 0.2) is 144 Å².